The van der Waals surface area contributed by atoms with Crippen LogP contribution in [-0.2, 0) is 5.41 Å². The van der Waals surface area contributed by atoms with Crippen LogP contribution in [0.5, 0.6) is 0 Å². The molecule has 0 saturated heterocycles. The lowest BCUT2D eigenvalue weighted by atomic mass is 9.85. The smallest absolute Gasteiger partial charge is 0.0737 e. The zero-order chi connectivity index (χ0) is 16.4. The van der Waals surface area contributed by atoms with Crippen LogP contribution >= 0.6 is 0 Å². The van der Waals surface area contributed by atoms with Crippen molar-refractivity contribution in [2.75, 3.05) is 0 Å². The fourth-order valence-corrected chi connectivity index (χ4v) is 2.86. The maximum Gasteiger partial charge on any atom is 0.0737 e. The van der Waals surface area contributed by atoms with Crippen LogP contribution in [0.15, 0.2) is 66.9 Å². The Morgan fingerprint density at radius 1 is 0.739 bits per heavy atom. The standard InChI is InChI=1S/C22H23N/c1-16-8-7-15-23-21(16)20-10-6-5-9-19(20)17-11-13-18(14-12-17)22(2,3)4/h5-15H,1-4H3. The molecule has 0 unspecified atom stereocenters. The second-order valence-corrected chi connectivity index (χ2v) is 7.04. The van der Waals surface area contributed by atoms with Gasteiger partial charge in [-0.1, -0.05) is 75.4 Å². The molecule has 0 saturated carbocycles. The summed E-state index contributed by atoms with van der Waals surface area (Å²) in [6.07, 6.45) is 1.86. The van der Waals surface area contributed by atoms with Gasteiger partial charge in [-0.3, -0.25) is 4.98 Å². The quantitative estimate of drug-likeness (QED) is 0.564. The maximum absolute atomic E-state index is 4.59. The molecule has 1 aromatic heterocycles. The number of benzene rings is 2. The molecule has 2 aromatic carbocycles. The lowest BCUT2D eigenvalue weighted by Crippen LogP contribution is -2.10. The number of hydrogen-bond acceptors (Lipinski definition) is 1. The average Bonchev–Trinajstić information content (AvgIpc) is 2.55. The van der Waals surface area contributed by atoms with E-state index in [1.54, 1.807) is 0 Å². The van der Waals surface area contributed by atoms with Gasteiger partial charge in [-0.05, 0) is 40.7 Å². The Morgan fingerprint density at radius 3 is 2.00 bits per heavy atom. The number of rotatable bonds is 2. The highest BCUT2D eigenvalue weighted by molar-refractivity contribution is 5.83. The summed E-state index contributed by atoms with van der Waals surface area (Å²) in [7, 11) is 0. The minimum atomic E-state index is 0.176. The van der Waals surface area contributed by atoms with E-state index >= 15 is 0 Å². The maximum atomic E-state index is 4.59. The largest absolute Gasteiger partial charge is 0.256 e. The van der Waals surface area contributed by atoms with E-state index in [-0.39, 0.29) is 5.41 Å². The second-order valence-electron chi connectivity index (χ2n) is 7.04. The Labute approximate surface area is 139 Å². The van der Waals surface area contributed by atoms with Crippen molar-refractivity contribution in [1.82, 2.24) is 4.98 Å². The summed E-state index contributed by atoms with van der Waals surface area (Å²) in [4.78, 5) is 4.59. The van der Waals surface area contributed by atoms with E-state index in [0.29, 0.717) is 0 Å². The van der Waals surface area contributed by atoms with Crippen LogP contribution in [0.3, 0.4) is 0 Å². The van der Waals surface area contributed by atoms with E-state index in [9.17, 15) is 0 Å². The van der Waals surface area contributed by atoms with Gasteiger partial charge < -0.3 is 0 Å². The third-order valence-electron chi connectivity index (χ3n) is 4.25. The Hall–Kier alpha value is -2.41. The molecule has 0 bridgehead atoms. The summed E-state index contributed by atoms with van der Waals surface area (Å²) >= 11 is 0. The lowest BCUT2D eigenvalue weighted by Gasteiger charge is -2.19. The van der Waals surface area contributed by atoms with Gasteiger partial charge in [0.2, 0.25) is 0 Å². The first-order valence-electron chi connectivity index (χ1n) is 8.09. The van der Waals surface area contributed by atoms with Crippen molar-refractivity contribution >= 4 is 0 Å². The first kappa shape index (κ1) is 15.5. The van der Waals surface area contributed by atoms with E-state index in [0.717, 1.165) is 5.69 Å². The number of aromatic nitrogens is 1. The van der Waals surface area contributed by atoms with Crippen LogP contribution in [0.1, 0.15) is 31.9 Å². The van der Waals surface area contributed by atoms with Crippen molar-refractivity contribution in [2.24, 2.45) is 0 Å². The fraction of sp³-hybridized carbons (Fsp3) is 0.227. The number of hydrogen-bond donors (Lipinski definition) is 0. The van der Waals surface area contributed by atoms with Gasteiger partial charge >= 0.3 is 0 Å². The molecular weight excluding hydrogens is 278 g/mol. The first-order chi connectivity index (χ1) is 11.0. The highest BCUT2D eigenvalue weighted by Gasteiger charge is 2.14. The number of nitrogens with zero attached hydrogens (tertiary/aromatic N) is 1. The predicted molar refractivity (Wildman–Crippen MR) is 98.5 cm³/mol. The van der Waals surface area contributed by atoms with Gasteiger partial charge in [-0.2, -0.15) is 0 Å². The molecule has 0 fully saturated rings. The second kappa shape index (κ2) is 6.00. The Morgan fingerprint density at radius 2 is 1.39 bits per heavy atom. The summed E-state index contributed by atoms with van der Waals surface area (Å²) in [5, 5.41) is 0. The molecule has 1 heterocycles. The van der Waals surface area contributed by atoms with Gasteiger partial charge in [-0.25, -0.2) is 0 Å². The topological polar surface area (TPSA) is 12.9 Å². The van der Waals surface area contributed by atoms with Crippen molar-refractivity contribution < 1.29 is 0 Å². The third-order valence-corrected chi connectivity index (χ3v) is 4.25. The van der Waals surface area contributed by atoms with E-state index in [4.69, 9.17) is 0 Å². The summed E-state index contributed by atoms with van der Waals surface area (Å²) in [5.74, 6) is 0. The number of aryl methyl sites for hydroxylation is 1. The van der Waals surface area contributed by atoms with E-state index in [2.05, 4.69) is 87.3 Å². The van der Waals surface area contributed by atoms with Gasteiger partial charge in [0.15, 0.2) is 0 Å². The normalized spacial score (nSPS) is 11.5. The van der Waals surface area contributed by atoms with Crippen LogP contribution in [0, 0.1) is 6.92 Å². The molecule has 0 N–H and O–H groups in total. The zero-order valence-electron chi connectivity index (χ0n) is 14.3. The molecule has 0 aliphatic carbocycles. The molecular formula is C22H23N. The van der Waals surface area contributed by atoms with Crippen molar-refractivity contribution in [1.29, 1.82) is 0 Å². The van der Waals surface area contributed by atoms with Gasteiger partial charge in [0, 0.05) is 11.8 Å². The van der Waals surface area contributed by atoms with E-state index < -0.39 is 0 Å². The Balaban J connectivity index is 2.10. The monoisotopic (exact) mass is 301 g/mol. The molecule has 0 aliphatic rings. The molecule has 1 heteroatoms. The number of pyridine rings is 1. The van der Waals surface area contributed by atoms with Crippen LogP contribution < -0.4 is 0 Å². The lowest BCUT2D eigenvalue weighted by molar-refractivity contribution is 0.590. The van der Waals surface area contributed by atoms with Gasteiger partial charge in [0.05, 0.1) is 5.69 Å². The summed E-state index contributed by atoms with van der Waals surface area (Å²) < 4.78 is 0. The zero-order valence-corrected chi connectivity index (χ0v) is 14.3. The minimum absolute atomic E-state index is 0.176. The van der Waals surface area contributed by atoms with Gasteiger partial charge in [-0.15, -0.1) is 0 Å². The Kier molecular flexibility index (Phi) is 4.04. The molecule has 0 aliphatic heterocycles. The minimum Gasteiger partial charge on any atom is -0.256 e. The van der Waals surface area contributed by atoms with Gasteiger partial charge in [0.25, 0.3) is 0 Å². The van der Waals surface area contributed by atoms with Crippen molar-refractivity contribution in [2.45, 2.75) is 33.1 Å². The Bertz CT molecular complexity index is 808. The molecule has 3 aromatic rings. The van der Waals surface area contributed by atoms with Gasteiger partial charge in [0.1, 0.15) is 0 Å². The van der Waals surface area contributed by atoms with E-state index in [1.807, 2.05) is 12.3 Å². The average molecular weight is 301 g/mol. The third kappa shape index (κ3) is 3.19. The molecule has 0 spiro atoms. The van der Waals surface area contributed by atoms with Crippen LogP contribution in [0.2, 0.25) is 0 Å². The molecule has 1 nitrogen and oxygen atoms in total. The predicted octanol–water partition coefficient (Wildman–Crippen LogP) is 6.02. The summed E-state index contributed by atoms with van der Waals surface area (Å²) in [5.41, 5.74) is 7.44. The fourth-order valence-electron chi connectivity index (χ4n) is 2.86. The molecule has 0 radical (unpaired) electrons. The van der Waals surface area contributed by atoms with Crippen molar-refractivity contribution in [3.8, 4) is 22.4 Å². The molecule has 116 valence electrons. The first-order valence-corrected chi connectivity index (χ1v) is 8.09. The van der Waals surface area contributed by atoms with Crippen LogP contribution in [0.25, 0.3) is 22.4 Å². The summed E-state index contributed by atoms with van der Waals surface area (Å²) in [6.45, 7) is 8.84. The molecule has 3 rings (SSSR count). The van der Waals surface area contributed by atoms with Crippen molar-refractivity contribution in [3.05, 3.63) is 78.0 Å². The van der Waals surface area contributed by atoms with Crippen molar-refractivity contribution in [3.63, 3.8) is 0 Å². The molecule has 0 amide bonds. The van der Waals surface area contributed by atoms with E-state index in [1.165, 1.54) is 27.8 Å². The molecule has 23 heavy (non-hydrogen) atoms. The van der Waals surface area contributed by atoms with Crippen LogP contribution in [-0.4, -0.2) is 4.98 Å². The highest BCUT2D eigenvalue weighted by atomic mass is 14.7. The summed E-state index contributed by atoms with van der Waals surface area (Å²) in [6, 6.07) is 21.5. The highest BCUT2D eigenvalue weighted by Crippen LogP contribution is 2.33. The SMILES string of the molecule is Cc1cccnc1-c1ccccc1-c1ccc(C(C)(C)C)cc1. The van der Waals surface area contributed by atoms with Crippen LogP contribution in [0.4, 0.5) is 0 Å². The molecule has 0 atom stereocenters.